The first-order valence-corrected chi connectivity index (χ1v) is 10.4. The zero-order chi connectivity index (χ0) is 17.6. The predicted molar refractivity (Wildman–Crippen MR) is 101 cm³/mol. The van der Waals surface area contributed by atoms with Crippen LogP contribution in [0.1, 0.15) is 16.0 Å². The highest BCUT2D eigenvalue weighted by molar-refractivity contribution is 7.90. The van der Waals surface area contributed by atoms with E-state index in [1.165, 1.54) is 16.7 Å². The molecule has 2 rings (SSSR count). The van der Waals surface area contributed by atoms with E-state index in [4.69, 9.17) is 0 Å². The highest BCUT2D eigenvalue weighted by Crippen LogP contribution is 2.14. The van der Waals surface area contributed by atoms with Crippen molar-refractivity contribution in [2.75, 3.05) is 19.8 Å². The van der Waals surface area contributed by atoms with Crippen molar-refractivity contribution in [2.24, 2.45) is 4.99 Å². The van der Waals surface area contributed by atoms with Gasteiger partial charge in [-0.3, -0.25) is 4.99 Å². The van der Waals surface area contributed by atoms with Crippen LogP contribution in [-0.4, -0.2) is 34.2 Å². The van der Waals surface area contributed by atoms with Crippen molar-refractivity contribution in [3.63, 3.8) is 0 Å². The Morgan fingerprint density at radius 3 is 2.42 bits per heavy atom. The molecule has 0 bridgehead atoms. The Hall–Kier alpha value is -1.86. The van der Waals surface area contributed by atoms with E-state index < -0.39 is 9.84 Å². The zero-order valence-corrected chi connectivity index (χ0v) is 15.8. The molecule has 7 heteroatoms. The van der Waals surface area contributed by atoms with Gasteiger partial charge in [-0.15, -0.1) is 11.3 Å². The summed E-state index contributed by atoms with van der Waals surface area (Å²) >= 11 is 1.73. The summed E-state index contributed by atoms with van der Waals surface area (Å²) < 4.78 is 22.9. The Kier molecular flexibility index (Phi) is 6.39. The number of hydrogen-bond acceptors (Lipinski definition) is 4. The lowest BCUT2D eigenvalue weighted by molar-refractivity contribution is 0.602. The molecule has 24 heavy (non-hydrogen) atoms. The number of aliphatic imine (C=N–C) groups is 1. The number of rotatable bonds is 6. The first-order valence-electron chi connectivity index (χ1n) is 7.66. The number of nitrogens with one attached hydrogen (secondary N) is 2. The van der Waals surface area contributed by atoms with Gasteiger partial charge in [0, 0.05) is 24.7 Å². The van der Waals surface area contributed by atoms with Gasteiger partial charge in [0.2, 0.25) is 0 Å². The topological polar surface area (TPSA) is 70.6 Å². The quantitative estimate of drug-likeness (QED) is 0.609. The molecule has 0 aliphatic carbocycles. The molecule has 2 aromatic rings. The number of sulfone groups is 1. The standard InChI is InChI=1S/C17H23N3O2S2/c1-13-9-11-23-16(13)12-20-17(18-2)19-10-8-14-4-6-15(7-5-14)24(3,21)22/h4-7,9,11H,8,10,12H2,1-3H3,(H2,18,19,20). The summed E-state index contributed by atoms with van der Waals surface area (Å²) in [6.45, 7) is 3.58. The van der Waals surface area contributed by atoms with Gasteiger partial charge >= 0.3 is 0 Å². The van der Waals surface area contributed by atoms with Crippen LogP contribution in [0.3, 0.4) is 0 Å². The second-order valence-corrected chi connectivity index (χ2v) is 8.56. The number of guanidine groups is 1. The third-order valence-electron chi connectivity index (χ3n) is 3.67. The minimum Gasteiger partial charge on any atom is -0.356 e. The largest absolute Gasteiger partial charge is 0.356 e. The van der Waals surface area contributed by atoms with Gasteiger partial charge < -0.3 is 10.6 Å². The van der Waals surface area contributed by atoms with Crippen LogP contribution in [0.15, 0.2) is 45.6 Å². The maximum Gasteiger partial charge on any atom is 0.191 e. The van der Waals surface area contributed by atoms with Gasteiger partial charge in [0.1, 0.15) is 0 Å². The van der Waals surface area contributed by atoms with Gasteiger partial charge in [0.25, 0.3) is 0 Å². The fourth-order valence-electron chi connectivity index (χ4n) is 2.20. The van der Waals surface area contributed by atoms with E-state index >= 15 is 0 Å². The number of benzene rings is 1. The molecule has 0 fully saturated rings. The Bertz CT molecular complexity index is 793. The molecule has 2 N–H and O–H groups in total. The van der Waals surface area contributed by atoms with E-state index in [0.29, 0.717) is 4.90 Å². The third kappa shape index (κ3) is 5.35. The summed E-state index contributed by atoms with van der Waals surface area (Å²) in [7, 11) is -1.39. The van der Waals surface area contributed by atoms with Crippen molar-refractivity contribution in [3.8, 4) is 0 Å². The third-order valence-corrected chi connectivity index (χ3v) is 5.82. The smallest absolute Gasteiger partial charge is 0.191 e. The van der Waals surface area contributed by atoms with Crippen LogP contribution in [-0.2, 0) is 22.8 Å². The number of thiophene rings is 1. The Balaban J connectivity index is 1.80. The summed E-state index contributed by atoms with van der Waals surface area (Å²) in [4.78, 5) is 5.86. The lowest BCUT2D eigenvalue weighted by Crippen LogP contribution is -2.37. The van der Waals surface area contributed by atoms with Crippen molar-refractivity contribution in [3.05, 3.63) is 51.7 Å². The predicted octanol–water partition coefficient (Wildman–Crippen LogP) is 2.37. The maximum atomic E-state index is 11.4. The van der Waals surface area contributed by atoms with Crippen molar-refractivity contribution >= 4 is 27.1 Å². The average Bonchev–Trinajstić information content (AvgIpc) is 2.95. The Morgan fingerprint density at radius 1 is 1.17 bits per heavy atom. The van der Waals surface area contributed by atoms with Crippen molar-refractivity contribution < 1.29 is 8.42 Å². The Labute approximate surface area is 147 Å². The SMILES string of the molecule is CN=C(NCCc1ccc(S(C)(=O)=O)cc1)NCc1sccc1C. The van der Waals surface area contributed by atoms with Gasteiger partial charge in [-0.25, -0.2) is 8.42 Å². The van der Waals surface area contributed by atoms with Crippen molar-refractivity contribution in [1.82, 2.24) is 10.6 Å². The molecular weight excluding hydrogens is 342 g/mol. The average molecular weight is 366 g/mol. The molecule has 0 aliphatic rings. The van der Waals surface area contributed by atoms with Crippen LogP contribution in [0.25, 0.3) is 0 Å². The Morgan fingerprint density at radius 2 is 1.88 bits per heavy atom. The number of nitrogens with zero attached hydrogens (tertiary/aromatic N) is 1. The molecule has 5 nitrogen and oxygen atoms in total. The van der Waals surface area contributed by atoms with Crippen LogP contribution >= 0.6 is 11.3 Å². The molecule has 0 spiro atoms. The molecule has 0 aliphatic heterocycles. The fraction of sp³-hybridized carbons (Fsp3) is 0.353. The molecule has 1 heterocycles. The van der Waals surface area contributed by atoms with Crippen molar-refractivity contribution in [2.45, 2.75) is 24.8 Å². The van der Waals surface area contributed by atoms with Crippen molar-refractivity contribution in [1.29, 1.82) is 0 Å². The first-order chi connectivity index (χ1) is 11.4. The number of aryl methyl sites for hydroxylation is 1. The molecule has 1 aromatic heterocycles. The highest BCUT2D eigenvalue weighted by atomic mass is 32.2. The lowest BCUT2D eigenvalue weighted by Gasteiger charge is -2.12. The second-order valence-electron chi connectivity index (χ2n) is 5.55. The molecule has 0 radical (unpaired) electrons. The van der Waals surface area contributed by atoms with Gasteiger partial charge in [0.15, 0.2) is 15.8 Å². The summed E-state index contributed by atoms with van der Waals surface area (Å²) in [5.41, 5.74) is 2.37. The van der Waals surface area contributed by atoms with Crippen LogP contribution in [0.5, 0.6) is 0 Å². The fourth-order valence-corrected chi connectivity index (χ4v) is 3.67. The zero-order valence-electron chi connectivity index (χ0n) is 14.2. The summed E-state index contributed by atoms with van der Waals surface area (Å²) in [6, 6.07) is 9.11. The normalized spacial score (nSPS) is 12.2. The van der Waals surface area contributed by atoms with Gasteiger partial charge in [-0.1, -0.05) is 12.1 Å². The minimum absolute atomic E-state index is 0.350. The van der Waals surface area contributed by atoms with E-state index in [9.17, 15) is 8.42 Å². The van der Waals surface area contributed by atoms with Gasteiger partial charge in [-0.2, -0.15) is 0 Å². The molecule has 0 saturated carbocycles. The monoisotopic (exact) mass is 365 g/mol. The van der Waals surface area contributed by atoms with Gasteiger partial charge in [-0.05, 0) is 48.1 Å². The van der Waals surface area contributed by atoms with E-state index in [2.05, 4.69) is 34.0 Å². The number of hydrogen-bond donors (Lipinski definition) is 2. The minimum atomic E-state index is -3.13. The lowest BCUT2D eigenvalue weighted by atomic mass is 10.1. The molecule has 0 saturated heterocycles. The van der Waals surface area contributed by atoms with Crippen LogP contribution in [0.2, 0.25) is 0 Å². The van der Waals surface area contributed by atoms with Crippen LogP contribution < -0.4 is 10.6 Å². The molecule has 0 atom stereocenters. The van der Waals surface area contributed by atoms with E-state index in [1.54, 1.807) is 30.5 Å². The van der Waals surface area contributed by atoms with E-state index in [-0.39, 0.29) is 0 Å². The molecular formula is C17H23N3O2S2. The second kappa shape index (κ2) is 8.30. The van der Waals surface area contributed by atoms with Crippen LogP contribution in [0, 0.1) is 6.92 Å². The summed E-state index contributed by atoms with van der Waals surface area (Å²) in [5, 5.41) is 8.65. The molecule has 0 amide bonds. The van der Waals surface area contributed by atoms with Gasteiger partial charge in [0.05, 0.1) is 11.4 Å². The van der Waals surface area contributed by atoms with Crippen LogP contribution in [0.4, 0.5) is 0 Å². The first kappa shape index (κ1) is 18.5. The summed E-state index contributed by atoms with van der Waals surface area (Å²) in [6.07, 6.45) is 2.01. The molecule has 0 unspecified atom stereocenters. The molecule has 1 aromatic carbocycles. The van der Waals surface area contributed by atoms with E-state index in [1.807, 2.05) is 12.1 Å². The van der Waals surface area contributed by atoms with E-state index in [0.717, 1.165) is 31.0 Å². The molecule has 130 valence electrons. The summed E-state index contributed by atoms with van der Waals surface area (Å²) in [5.74, 6) is 0.760. The highest BCUT2D eigenvalue weighted by Gasteiger charge is 2.06. The maximum absolute atomic E-state index is 11.4.